The van der Waals surface area contributed by atoms with Crippen molar-refractivity contribution in [3.8, 4) is 28.3 Å². The van der Waals surface area contributed by atoms with Gasteiger partial charge in [0, 0.05) is 26.3 Å². The van der Waals surface area contributed by atoms with E-state index < -0.39 is 0 Å². The van der Waals surface area contributed by atoms with Gasteiger partial charge in [-0.05, 0) is 75.3 Å². The molecule has 9 heteroatoms. The van der Waals surface area contributed by atoms with E-state index >= 15 is 0 Å². The molecule has 1 aromatic heterocycles. The first kappa shape index (κ1) is 23.0. The standard InChI is InChI=1S/C26H23IN6O2/c1-14-8-10-18(11-9-14)28-26(34)29-22-13-17(12-21-15(2)23(16(3)27)35-24(21)22)19-6-4-5-7-20(19)25-30-32-33-31-25/h4-13,15,23H,3H2,1-2H3,(H2,28,29,34)(H,30,31,32,33)/t15-,23-/m0/s1. The predicted octanol–water partition coefficient (Wildman–Crippen LogP) is 6.30. The van der Waals surface area contributed by atoms with Gasteiger partial charge in [-0.3, -0.25) is 0 Å². The van der Waals surface area contributed by atoms with Gasteiger partial charge in [0.2, 0.25) is 0 Å². The van der Waals surface area contributed by atoms with Crippen LogP contribution < -0.4 is 15.4 Å². The molecule has 2 atom stereocenters. The number of tetrazole rings is 1. The second kappa shape index (κ2) is 9.49. The molecule has 0 bridgehead atoms. The van der Waals surface area contributed by atoms with Crippen molar-refractivity contribution >= 4 is 40.0 Å². The van der Waals surface area contributed by atoms with Crippen LogP contribution in [0.5, 0.6) is 5.75 Å². The Balaban J connectivity index is 1.56. The summed E-state index contributed by atoms with van der Waals surface area (Å²) >= 11 is 2.20. The fraction of sp³-hybridized carbons (Fsp3) is 0.154. The van der Waals surface area contributed by atoms with Crippen LogP contribution in [-0.4, -0.2) is 32.8 Å². The lowest BCUT2D eigenvalue weighted by atomic mass is 9.91. The van der Waals surface area contributed by atoms with Gasteiger partial charge < -0.3 is 15.4 Å². The van der Waals surface area contributed by atoms with Crippen molar-refractivity contribution in [3.63, 3.8) is 0 Å². The lowest BCUT2D eigenvalue weighted by Crippen LogP contribution is -2.20. The van der Waals surface area contributed by atoms with Gasteiger partial charge in [-0.2, -0.15) is 0 Å². The Labute approximate surface area is 216 Å². The number of carbonyl (C=O) groups excluding carboxylic acids is 1. The average molecular weight is 578 g/mol. The van der Waals surface area contributed by atoms with Gasteiger partial charge in [0.05, 0.1) is 5.69 Å². The maximum absolute atomic E-state index is 12.9. The molecule has 176 valence electrons. The molecule has 4 aromatic rings. The highest BCUT2D eigenvalue weighted by Crippen LogP contribution is 2.48. The minimum absolute atomic E-state index is 0.0640. The van der Waals surface area contributed by atoms with Gasteiger partial charge >= 0.3 is 6.03 Å². The lowest BCUT2D eigenvalue weighted by molar-refractivity contribution is 0.258. The summed E-state index contributed by atoms with van der Waals surface area (Å²) in [6, 6.07) is 19.2. The Morgan fingerprint density at radius 1 is 1.09 bits per heavy atom. The molecule has 0 radical (unpaired) electrons. The number of benzene rings is 3. The molecule has 8 nitrogen and oxygen atoms in total. The van der Waals surface area contributed by atoms with Crippen LogP contribution in [-0.2, 0) is 0 Å². The maximum Gasteiger partial charge on any atom is 0.323 e. The molecule has 0 aliphatic carbocycles. The van der Waals surface area contributed by atoms with Crippen molar-refractivity contribution in [1.29, 1.82) is 0 Å². The van der Waals surface area contributed by atoms with Crippen LogP contribution in [0.25, 0.3) is 22.5 Å². The summed E-state index contributed by atoms with van der Waals surface area (Å²) in [5.41, 5.74) is 6.11. The molecule has 2 amide bonds. The summed E-state index contributed by atoms with van der Waals surface area (Å²) in [5, 5.41) is 20.2. The number of aromatic nitrogens is 4. The summed E-state index contributed by atoms with van der Waals surface area (Å²) in [6.45, 7) is 8.19. The second-order valence-electron chi connectivity index (χ2n) is 8.46. The number of anilines is 2. The molecule has 0 spiro atoms. The van der Waals surface area contributed by atoms with Crippen molar-refractivity contribution in [3.05, 3.63) is 81.9 Å². The zero-order valence-corrected chi connectivity index (χ0v) is 21.3. The first-order valence-electron chi connectivity index (χ1n) is 11.1. The molecule has 0 saturated heterocycles. The smallest absolute Gasteiger partial charge is 0.323 e. The number of urea groups is 1. The van der Waals surface area contributed by atoms with Crippen LogP contribution in [0.4, 0.5) is 16.2 Å². The van der Waals surface area contributed by atoms with E-state index in [1.165, 1.54) is 0 Å². The summed E-state index contributed by atoms with van der Waals surface area (Å²) in [6.07, 6.45) is -0.185. The van der Waals surface area contributed by atoms with Gasteiger partial charge in [-0.15, -0.1) is 5.10 Å². The van der Waals surface area contributed by atoms with E-state index in [1.54, 1.807) is 0 Å². The fourth-order valence-electron chi connectivity index (χ4n) is 4.23. The number of carbonyl (C=O) groups is 1. The molecule has 35 heavy (non-hydrogen) atoms. The first-order valence-corrected chi connectivity index (χ1v) is 12.2. The molecular formula is C26H23IN6O2. The number of nitrogens with zero attached hydrogens (tertiary/aromatic N) is 3. The zero-order valence-electron chi connectivity index (χ0n) is 19.2. The minimum Gasteiger partial charge on any atom is -0.482 e. The third-order valence-electron chi connectivity index (χ3n) is 6.01. The SMILES string of the molecule is C=C(I)[C@H]1Oc2c(NC(=O)Nc3ccc(C)cc3)cc(-c3ccccc3-c3nnn[nH]3)cc2[C@@H]1C. The number of ether oxygens (including phenoxy) is 1. The number of fused-ring (bicyclic) bond motifs is 1. The van der Waals surface area contributed by atoms with Crippen LogP contribution in [0, 0.1) is 6.92 Å². The second-order valence-corrected chi connectivity index (χ2v) is 9.84. The molecule has 0 fully saturated rings. The zero-order chi connectivity index (χ0) is 24.5. The Kier molecular flexibility index (Phi) is 6.25. The van der Waals surface area contributed by atoms with Crippen LogP contribution in [0.2, 0.25) is 0 Å². The first-order chi connectivity index (χ1) is 16.9. The monoisotopic (exact) mass is 578 g/mol. The van der Waals surface area contributed by atoms with Crippen molar-refractivity contribution in [2.75, 3.05) is 10.6 Å². The van der Waals surface area contributed by atoms with Gasteiger partial charge in [-0.1, -0.05) is 55.5 Å². The molecular weight excluding hydrogens is 555 g/mol. The Morgan fingerprint density at radius 2 is 1.83 bits per heavy atom. The third kappa shape index (κ3) is 4.63. The highest BCUT2D eigenvalue weighted by atomic mass is 127. The number of hydrogen-bond acceptors (Lipinski definition) is 5. The number of H-pyrrole nitrogens is 1. The topological polar surface area (TPSA) is 105 Å². The number of hydrogen-bond donors (Lipinski definition) is 3. The number of aromatic amines is 1. The van der Waals surface area contributed by atoms with E-state index in [-0.39, 0.29) is 18.1 Å². The van der Waals surface area contributed by atoms with Crippen LogP contribution in [0.3, 0.4) is 0 Å². The molecule has 1 aliphatic rings. The van der Waals surface area contributed by atoms with Crippen LogP contribution in [0.15, 0.2) is 70.8 Å². The quantitative estimate of drug-likeness (QED) is 0.241. The number of rotatable bonds is 5. The van der Waals surface area contributed by atoms with Crippen molar-refractivity contribution in [2.24, 2.45) is 0 Å². The van der Waals surface area contributed by atoms with Crippen molar-refractivity contribution in [2.45, 2.75) is 25.9 Å². The van der Waals surface area contributed by atoms with Gasteiger partial charge in [-0.25, -0.2) is 9.89 Å². The number of nitrogens with one attached hydrogen (secondary N) is 3. The highest BCUT2D eigenvalue weighted by Gasteiger charge is 2.35. The van der Waals surface area contributed by atoms with Gasteiger partial charge in [0.1, 0.15) is 11.9 Å². The van der Waals surface area contributed by atoms with E-state index in [1.807, 2.05) is 61.5 Å². The van der Waals surface area contributed by atoms with E-state index in [0.717, 1.165) is 31.4 Å². The van der Waals surface area contributed by atoms with E-state index in [9.17, 15) is 4.79 Å². The highest BCUT2D eigenvalue weighted by molar-refractivity contribution is 14.1. The Bertz CT molecular complexity index is 1400. The number of halogens is 1. The van der Waals surface area contributed by atoms with E-state index in [4.69, 9.17) is 4.74 Å². The van der Waals surface area contributed by atoms with Gasteiger partial charge in [0.25, 0.3) is 0 Å². The average Bonchev–Trinajstić information content (AvgIpc) is 3.49. The van der Waals surface area contributed by atoms with Crippen LogP contribution >= 0.6 is 22.6 Å². The van der Waals surface area contributed by atoms with E-state index in [2.05, 4.69) is 73.4 Å². The summed E-state index contributed by atoms with van der Waals surface area (Å²) in [7, 11) is 0. The van der Waals surface area contributed by atoms with E-state index in [0.29, 0.717) is 22.9 Å². The minimum atomic E-state index is -0.353. The van der Waals surface area contributed by atoms with Gasteiger partial charge in [0.15, 0.2) is 5.82 Å². The summed E-state index contributed by atoms with van der Waals surface area (Å²) in [4.78, 5) is 12.9. The van der Waals surface area contributed by atoms with Crippen molar-refractivity contribution in [1.82, 2.24) is 20.6 Å². The predicted molar refractivity (Wildman–Crippen MR) is 145 cm³/mol. The van der Waals surface area contributed by atoms with Crippen LogP contribution in [0.1, 0.15) is 24.0 Å². The normalized spacial score (nSPS) is 16.3. The fourth-order valence-corrected chi connectivity index (χ4v) is 4.90. The lowest BCUT2D eigenvalue weighted by Gasteiger charge is -2.15. The number of aryl methyl sites for hydroxylation is 1. The largest absolute Gasteiger partial charge is 0.482 e. The summed E-state index contributed by atoms with van der Waals surface area (Å²) in [5.74, 6) is 1.28. The Hall–Kier alpha value is -3.73. The molecule has 0 saturated carbocycles. The molecule has 3 N–H and O–H groups in total. The maximum atomic E-state index is 12.9. The molecule has 2 heterocycles. The molecule has 1 aliphatic heterocycles. The molecule has 5 rings (SSSR count). The molecule has 0 unspecified atom stereocenters. The Morgan fingerprint density at radius 3 is 2.51 bits per heavy atom. The van der Waals surface area contributed by atoms with Crippen molar-refractivity contribution < 1.29 is 9.53 Å². The summed E-state index contributed by atoms with van der Waals surface area (Å²) < 4.78 is 7.18. The third-order valence-corrected chi connectivity index (χ3v) is 6.63. The number of amides is 2. The molecule has 3 aromatic carbocycles.